The number of anilines is 2. The second-order valence-corrected chi connectivity index (χ2v) is 11.6. The first-order valence-corrected chi connectivity index (χ1v) is 14.6. The first-order valence-electron chi connectivity index (χ1n) is 14.2. The highest BCUT2D eigenvalue weighted by atomic mass is 35.5. The molecule has 6 rings (SSSR count). The fourth-order valence-electron chi connectivity index (χ4n) is 7.20. The number of hydrogen-bond acceptors (Lipinski definition) is 5. The number of likely N-dealkylation sites (tertiary alicyclic amines) is 1. The lowest BCUT2D eigenvalue weighted by molar-refractivity contribution is -0.149. The molecule has 41 heavy (non-hydrogen) atoms. The summed E-state index contributed by atoms with van der Waals surface area (Å²) in [7, 11) is 0. The van der Waals surface area contributed by atoms with Gasteiger partial charge in [0, 0.05) is 29.5 Å². The third kappa shape index (κ3) is 4.07. The van der Waals surface area contributed by atoms with Gasteiger partial charge < -0.3 is 24.5 Å². The summed E-state index contributed by atoms with van der Waals surface area (Å²) in [5.41, 5.74) is -1.10. The van der Waals surface area contributed by atoms with Gasteiger partial charge in [0.1, 0.15) is 11.6 Å². The van der Waals surface area contributed by atoms with Crippen LogP contribution in [0, 0.1) is 11.8 Å². The normalized spacial score (nSPS) is 31.6. The van der Waals surface area contributed by atoms with Gasteiger partial charge in [-0.2, -0.15) is 0 Å². The molecule has 3 amide bonds. The van der Waals surface area contributed by atoms with Gasteiger partial charge in [0.05, 0.1) is 30.1 Å². The molecule has 1 spiro atoms. The standard InChI is InChI=1S/C32H34ClN3O5/c1-3-22(20-37)36-27-30(40)35(24-14-12-21(33)13-15-24)19-9-17-32(27)26(29(36)39)25-28(38)34(23-10-6-5-7-11-23)18-8-16-31(25,4-2)41-32/h5-17,22,25-27,37H,3-4,18-20H2,1-2H3/t22-,25+,26-,27?,31-,32-/m0/s1. The van der Waals surface area contributed by atoms with Crippen molar-refractivity contribution in [2.24, 2.45) is 11.8 Å². The van der Waals surface area contributed by atoms with Crippen LogP contribution < -0.4 is 9.80 Å². The number of aliphatic hydroxyl groups is 1. The number of para-hydroxylation sites is 1. The maximum absolute atomic E-state index is 14.6. The summed E-state index contributed by atoms with van der Waals surface area (Å²) in [4.78, 5) is 48.5. The molecule has 0 bridgehead atoms. The van der Waals surface area contributed by atoms with E-state index in [1.54, 1.807) is 34.1 Å². The molecule has 0 radical (unpaired) electrons. The van der Waals surface area contributed by atoms with Crippen molar-refractivity contribution >= 4 is 40.7 Å². The molecule has 0 aromatic heterocycles. The highest BCUT2D eigenvalue weighted by Gasteiger charge is 2.76. The quantitative estimate of drug-likeness (QED) is 0.526. The van der Waals surface area contributed by atoms with Gasteiger partial charge in [-0.3, -0.25) is 14.4 Å². The zero-order valence-electron chi connectivity index (χ0n) is 23.2. The molecule has 1 unspecified atom stereocenters. The summed E-state index contributed by atoms with van der Waals surface area (Å²) < 4.78 is 7.01. The molecule has 4 aliphatic heterocycles. The van der Waals surface area contributed by atoms with Gasteiger partial charge in [0.25, 0.3) is 5.91 Å². The van der Waals surface area contributed by atoms with Crippen molar-refractivity contribution < 1.29 is 24.2 Å². The molecule has 2 saturated heterocycles. The largest absolute Gasteiger partial charge is 0.394 e. The van der Waals surface area contributed by atoms with Crippen LogP contribution in [0.3, 0.4) is 0 Å². The summed E-state index contributed by atoms with van der Waals surface area (Å²) in [5, 5.41) is 10.9. The van der Waals surface area contributed by atoms with Gasteiger partial charge in [0.2, 0.25) is 11.8 Å². The van der Waals surface area contributed by atoms with Crippen molar-refractivity contribution in [2.45, 2.75) is 50.0 Å². The summed E-state index contributed by atoms with van der Waals surface area (Å²) in [6.07, 6.45) is 8.41. The lowest BCUT2D eigenvalue weighted by Gasteiger charge is -2.40. The van der Waals surface area contributed by atoms with Crippen molar-refractivity contribution in [1.82, 2.24) is 4.90 Å². The molecule has 1 N–H and O–H groups in total. The van der Waals surface area contributed by atoms with Gasteiger partial charge in [-0.05, 0) is 49.2 Å². The molecule has 2 fully saturated rings. The Morgan fingerprint density at radius 1 is 0.878 bits per heavy atom. The summed E-state index contributed by atoms with van der Waals surface area (Å²) in [6.45, 7) is 4.11. The number of aliphatic hydroxyl groups excluding tert-OH is 1. The van der Waals surface area contributed by atoms with E-state index >= 15 is 0 Å². The second kappa shape index (κ2) is 10.4. The minimum absolute atomic E-state index is 0.212. The number of hydrogen-bond donors (Lipinski definition) is 1. The third-order valence-corrected chi connectivity index (χ3v) is 9.41. The van der Waals surface area contributed by atoms with Crippen LogP contribution in [-0.2, 0) is 19.1 Å². The van der Waals surface area contributed by atoms with Gasteiger partial charge in [-0.15, -0.1) is 0 Å². The molecular weight excluding hydrogens is 542 g/mol. The molecular formula is C32H34ClN3O5. The Hall–Kier alpha value is -3.46. The molecule has 6 atom stereocenters. The van der Waals surface area contributed by atoms with E-state index in [0.717, 1.165) is 5.69 Å². The monoisotopic (exact) mass is 575 g/mol. The number of ether oxygens (including phenoxy) is 1. The van der Waals surface area contributed by atoms with Crippen LogP contribution in [0.1, 0.15) is 26.7 Å². The van der Waals surface area contributed by atoms with Gasteiger partial charge in [-0.25, -0.2) is 0 Å². The van der Waals surface area contributed by atoms with Crippen molar-refractivity contribution in [1.29, 1.82) is 0 Å². The predicted molar refractivity (Wildman–Crippen MR) is 156 cm³/mol. The zero-order valence-corrected chi connectivity index (χ0v) is 23.9. The number of halogens is 1. The van der Waals surface area contributed by atoms with E-state index in [1.165, 1.54) is 4.90 Å². The van der Waals surface area contributed by atoms with E-state index in [4.69, 9.17) is 16.3 Å². The fourth-order valence-corrected chi connectivity index (χ4v) is 7.33. The Balaban J connectivity index is 1.51. The summed E-state index contributed by atoms with van der Waals surface area (Å²) in [6, 6.07) is 14.7. The average molecular weight is 576 g/mol. The van der Waals surface area contributed by atoms with Crippen LogP contribution in [0.25, 0.3) is 0 Å². The maximum atomic E-state index is 14.6. The lowest BCUT2D eigenvalue weighted by Crippen LogP contribution is -2.59. The highest BCUT2D eigenvalue weighted by molar-refractivity contribution is 6.30. The molecule has 8 nitrogen and oxygen atoms in total. The number of rotatable bonds is 6. The molecule has 0 saturated carbocycles. The number of carbonyl (C=O) groups is 3. The zero-order chi connectivity index (χ0) is 28.9. The van der Waals surface area contributed by atoms with E-state index in [-0.39, 0.29) is 30.9 Å². The van der Waals surface area contributed by atoms with Crippen LogP contribution in [0.15, 0.2) is 78.9 Å². The van der Waals surface area contributed by atoms with Crippen LogP contribution in [0.2, 0.25) is 5.02 Å². The fraction of sp³-hybridized carbons (Fsp3) is 0.406. The first-order chi connectivity index (χ1) is 19.8. The number of benzene rings is 2. The molecule has 2 aromatic rings. The van der Waals surface area contributed by atoms with Crippen LogP contribution in [0.5, 0.6) is 0 Å². The third-order valence-electron chi connectivity index (χ3n) is 9.16. The SMILES string of the molecule is CC[C@@H](CO)N1C(=O)[C@@H]2[C@@H]3C(=O)N(c4ccccc4)CC=C[C@]3(CC)O[C@@]23C=CCN(c2ccc(Cl)cc2)C(=O)C13. The van der Waals surface area contributed by atoms with E-state index in [2.05, 4.69) is 0 Å². The van der Waals surface area contributed by atoms with Crippen LogP contribution in [-0.4, -0.2) is 70.7 Å². The van der Waals surface area contributed by atoms with E-state index in [9.17, 15) is 19.5 Å². The molecule has 0 aliphatic carbocycles. The van der Waals surface area contributed by atoms with Gasteiger partial charge in [-0.1, -0.05) is 68.0 Å². The minimum Gasteiger partial charge on any atom is -0.394 e. The molecule has 214 valence electrons. The number of amides is 3. The predicted octanol–water partition coefficient (Wildman–Crippen LogP) is 3.98. The van der Waals surface area contributed by atoms with Crippen molar-refractivity contribution in [3.63, 3.8) is 0 Å². The smallest absolute Gasteiger partial charge is 0.253 e. The second-order valence-electron chi connectivity index (χ2n) is 11.1. The number of fused-ring (bicyclic) bond motifs is 2. The van der Waals surface area contributed by atoms with E-state index in [0.29, 0.717) is 30.1 Å². The van der Waals surface area contributed by atoms with E-state index in [1.807, 2.05) is 68.5 Å². The van der Waals surface area contributed by atoms with Crippen LogP contribution in [0.4, 0.5) is 11.4 Å². The topological polar surface area (TPSA) is 90.4 Å². The Morgan fingerprint density at radius 3 is 2.15 bits per heavy atom. The Morgan fingerprint density at radius 2 is 1.51 bits per heavy atom. The Bertz CT molecular complexity index is 1410. The van der Waals surface area contributed by atoms with Crippen molar-refractivity contribution in [3.05, 3.63) is 83.9 Å². The Kier molecular flexibility index (Phi) is 7.04. The van der Waals surface area contributed by atoms with Crippen LogP contribution >= 0.6 is 11.6 Å². The lowest BCUT2D eigenvalue weighted by atomic mass is 9.73. The minimum atomic E-state index is -1.39. The molecule has 9 heteroatoms. The molecule has 4 heterocycles. The first kappa shape index (κ1) is 27.7. The number of carbonyl (C=O) groups excluding carboxylic acids is 3. The summed E-state index contributed by atoms with van der Waals surface area (Å²) in [5.74, 6) is -2.68. The van der Waals surface area contributed by atoms with Gasteiger partial charge >= 0.3 is 0 Å². The van der Waals surface area contributed by atoms with Crippen molar-refractivity contribution in [3.8, 4) is 0 Å². The Labute approximate surface area is 244 Å². The highest BCUT2D eigenvalue weighted by Crippen LogP contribution is 2.59. The molecule has 4 aliphatic rings. The maximum Gasteiger partial charge on any atom is 0.253 e. The van der Waals surface area contributed by atoms with Gasteiger partial charge in [0.15, 0.2) is 0 Å². The van der Waals surface area contributed by atoms with Crippen molar-refractivity contribution in [2.75, 3.05) is 29.5 Å². The average Bonchev–Trinajstić information content (AvgIpc) is 3.28. The van der Waals surface area contributed by atoms with E-state index < -0.39 is 35.1 Å². The summed E-state index contributed by atoms with van der Waals surface area (Å²) >= 11 is 6.13. The molecule has 2 aromatic carbocycles. The number of nitrogens with zero attached hydrogens (tertiary/aromatic N) is 3.